The number of nitrogens with zero attached hydrogens (tertiary/aromatic N) is 5. The van der Waals surface area contributed by atoms with E-state index >= 15 is 0 Å². The molecule has 222 valence electrons. The third kappa shape index (κ3) is 7.77. The number of hydrogen-bond acceptors (Lipinski definition) is 6. The smallest absolute Gasteiger partial charge is 0.233 e. The first-order valence-corrected chi connectivity index (χ1v) is 16.6. The molecule has 6 nitrogen and oxygen atoms in total. The van der Waals surface area contributed by atoms with E-state index in [1.807, 2.05) is 11.0 Å². The van der Waals surface area contributed by atoms with Crippen molar-refractivity contribution in [3.63, 3.8) is 0 Å². The van der Waals surface area contributed by atoms with Crippen molar-refractivity contribution in [2.45, 2.75) is 30.5 Å². The number of carbonyl (C=O) groups is 1. The average molecular weight is 612 g/mol. The summed E-state index contributed by atoms with van der Waals surface area (Å²) in [5.74, 6) is 1.96. The van der Waals surface area contributed by atoms with Gasteiger partial charge in [-0.25, -0.2) is 9.97 Å². The van der Waals surface area contributed by atoms with Crippen LogP contribution in [0.15, 0.2) is 102 Å². The first kappa shape index (κ1) is 29.7. The van der Waals surface area contributed by atoms with Crippen molar-refractivity contribution < 1.29 is 4.79 Å². The van der Waals surface area contributed by atoms with Gasteiger partial charge in [0.15, 0.2) is 5.16 Å². The molecule has 3 heterocycles. The minimum Gasteiger partial charge on any atom is -0.356 e. The minimum atomic E-state index is 0.118. The SMILES string of the molecule is O=C(CSc1nc(Cl)cc(N2CCC(Cc3ccccc3)CC2)n1)N1CCN(C(c2ccccc2)c2ccccc2)CC1. The summed E-state index contributed by atoms with van der Waals surface area (Å²) in [6.07, 6.45) is 3.37. The molecule has 2 aliphatic heterocycles. The number of piperazine rings is 1. The van der Waals surface area contributed by atoms with Crippen LogP contribution in [-0.2, 0) is 11.2 Å². The molecule has 0 unspecified atom stereocenters. The van der Waals surface area contributed by atoms with E-state index in [1.54, 1.807) is 0 Å². The molecular formula is C35H38ClN5OS. The van der Waals surface area contributed by atoms with Gasteiger partial charge in [0.1, 0.15) is 11.0 Å². The summed E-state index contributed by atoms with van der Waals surface area (Å²) in [6, 6.07) is 34.0. The Kier molecular flexibility index (Phi) is 9.93. The summed E-state index contributed by atoms with van der Waals surface area (Å²) in [5, 5.41) is 0.988. The predicted octanol–water partition coefficient (Wildman–Crippen LogP) is 6.62. The van der Waals surface area contributed by atoms with Gasteiger partial charge < -0.3 is 9.80 Å². The molecule has 0 atom stereocenters. The number of piperidine rings is 1. The zero-order valence-corrected chi connectivity index (χ0v) is 26.0. The fraction of sp³-hybridized carbons (Fsp3) is 0.343. The average Bonchev–Trinajstić information content (AvgIpc) is 3.06. The number of halogens is 1. The largest absolute Gasteiger partial charge is 0.356 e. The number of thioether (sulfide) groups is 1. The Hall–Kier alpha value is -3.39. The summed E-state index contributed by atoms with van der Waals surface area (Å²) in [4.78, 5) is 29.2. The van der Waals surface area contributed by atoms with E-state index in [1.165, 1.54) is 28.5 Å². The Morgan fingerprint density at radius 1 is 0.791 bits per heavy atom. The number of anilines is 1. The molecule has 2 aliphatic rings. The first-order valence-electron chi connectivity index (χ1n) is 15.2. The fourth-order valence-electron chi connectivity index (χ4n) is 6.26. The standard InChI is InChI=1S/C35H38ClN5OS/c36-31-25-32(39-18-16-28(17-19-39)24-27-10-4-1-5-11-27)38-35(37-31)43-26-33(42)40-20-22-41(23-21-40)34(29-12-6-2-7-13-29)30-14-8-3-9-15-30/h1-15,25,28,34H,16-24,26H2. The summed E-state index contributed by atoms with van der Waals surface area (Å²) in [6.45, 7) is 4.95. The molecule has 0 spiro atoms. The monoisotopic (exact) mass is 611 g/mol. The molecular weight excluding hydrogens is 574 g/mol. The van der Waals surface area contributed by atoms with Crippen LogP contribution < -0.4 is 4.90 Å². The highest BCUT2D eigenvalue weighted by molar-refractivity contribution is 7.99. The molecule has 6 rings (SSSR count). The van der Waals surface area contributed by atoms with Crippen LogP contribution in [0.25, 0.3) is 0 Å². The number of hydrogen-bond donors (Lipinski definition) is 0. The lowest BCUT2D eigenvalue weighted by Crippen LogP contribution is -2.50. The van der Waals surface area contributed by atoms with E-state index in [0.717, 1.165) is 51.3 Å². The highest BCUT2D eigenvalue weighted by atomic mass is 35.5. The van der Waals surface area contributed by atoms with Crippen molar-refractivity contribution in [3.05, 3.63) is 119 Å². The number of aromatic nitrogens is 2. The zero-order valence-electron chi connectivity index (χ0n) is 24.4. The second-order valence-corrected chi connectivity index (χ2v) is 12.7. The molecule has 0 N–H and O–H groups in total. The molecule has 0 radical (unpaired) electrons. The van der Waals surface area contributed by atoms with Gasteiger partial charge in [-0.05, 0) is 41.9 Å². The highest BCUT2D eigenvalue weighted by Crippen LogP contribution is 2.30. The molecule has 1 aromatic heterocycles. The van der Waals surface area contributed by atoms with Gasteiger partial charge in [-0.15, -0.1) is 0 Å². The van der Waals surface area contributed by atoms with Crippen molar-refractivity contribution in [1.29, 1.82) is 0 Å². The second kappa shape index (κ2) is 14.4. The van der Waals surface area contributed by atoms with Crippen LogP contribution in [-0.4, -0.2) is 70.7 Å². The van der Waals surface area contributed by atoms with Gasteiger partial charge in [0.05, 0.1) is 11.8 Å². The van der Waals surface area contributed by atoms with Crippen LogP contribution in [0.4, 0.5) is 5.82 Å². The first-order chi connectivity index (χ1) is 21.1. The van der Waals surface area contributed by atoms with Crippen molar-refractivity contribution in [2.75, 3.05) is 49.9 Å². The van der Waals surface area contributed by atoms with E-state index < -0.39 is 0 Å². The number of carbonyl (C=O) groups excluding carboxylic acids is 1. The Bertz CT molecular complexity index is 1420. The van der Waals surface area contributed by atoms with Gasteiger partial charge in [0.25, 0.3) is 0 Å². The minimum absolute atomic E-state index is 0.118. The normalized spacial score (nSPS) is 16.5. The molecule has 8 heteroatoms. The van der Waals surface area contributed by atoms with Gasteiger partial charge in [-0.2, -0.15) is 0 Å². The van der Waals surface area contributed by atoms with E-state index in [0.29, 0.717) is 35.1 Å². The predicted molar refractivity (Wildman–Crippen MR) is 176 cm³/mol. The molecule has 0 bridgehead atoms. The van der Waals surface area contributed by atoms with Crippen LogP contribution in [0.5, 0.6) is 0 Å². The van der Waals surface area contributed by atoms with Gasteiger partial charge >= 0.3 is 0 Å². The van der Waals surface area contributed by atoms with Crippen LogP contribution >= 0.6 is 23.4 Å². The van der Waals surface area contributed by atoms with Crippen molar-refractivity contribution >= 4 is 35.1 Å². The van der Waals surface area contributed by atoms with Crippen LogP contribution in [0.2, 0.25) is 5.15 Å². The quantitative estimate of drug-likeness (QED) is 0.121. The van der Waals surface area contributed by atoms with E-state index in [-0.39, 0.29) is 11.9 Å². The van der Waals surface area contributed by atoms with Crippen LogP contribution in [0.1, 0.15) is 35.6 Å². The highest BCUT2D eigenvalue weighted by Gasteiger charge is 2.28. The number of amides is 1. The second-order valence-electron chi connectivity index (χ2n) is 11.4. The maximum Gasteiger partial charge on any atom is 0.233 e. The number of rotatable bonds is 9. The molecule has 2 saturated heterocycles. The van der Waals surface area contributed by atoms with Gasteiger partial charge in [-0.3, -0.25) is 9.69 Å². The third-order valence-electron chi connectivity index (χ3n) is 8.55. The summed E-state index contributed by atoms with van der Waals surface area (Å²) < 4.78 is 0. The lowest BCUT2D eigenvalue weighted by molar-refractivity contribution is -0.130. The molecule has 0 saturated carbocycles. The van der Waals surface area contributed by atoms with Crippen LogP contribution in [0.3, 0.4) is 0 Å². The molecule has 1 amide bonds. The zero-order chi connectivity index (χ0) is 29.4. The molecule has 4 aromatic rings. The van der Waals surface area contributed by atoms with E-state index in [9.17, 15) is 4.79 Å². The van der Waals surface area contributed by atoms with Crippen molar-refractivity contribution in [2.24, 2.45) is 5.92 Å². The summed E-state index contributed by atoms with van der Waals surface area (Å²) >= 11 is 7.80. The summed E-state index contributed by atoms with van der Waals surface area (Å²) in [7, 11) is 0. The maximum absolute atomic E-state index is 13.2. The molecule has 43 heavy (non-hydrogen) atoms. The number of benzene rings is 3. The topological polar surface area (TPSA) is 52.6 Å². The van der Waals surface area contributed by atoms with Crippen molar-refractivity contribution in [3.8, 4) is 0 Å². The molecule has 3 aromatic carbocycles. The fourth-order valence-corrected chi connectivity index (χ4v) is 7.24. The van der Waals surface area contributed by atoms with Crippen molar-refractivity contribution in [1.82, 2.24) is 19.8 Å². The Morgan fingerprint density at radius 2 is 1.37 bits per heavy atom. The third-order valence-corrected chi connectivity index (χ3v) is 9.58. The van der Waals surface area contributed by atoms with Gasteiger partial charge in [0.2, 0.25) is 5.91 Å². The van der Waals surface area contributed by atoms with Crippen LogP contribution in [0, 0.1) is 5.92 Å². The lowest BCUT2D eigenvalue weighted by atomic mass is 9.90. The van der Waals surface area contributed by atoms with Gasteiger partial charge in [-0.1, -0.05) is 114 Å². The lowest BCUT2D eigenvalue weighted by Gasteiger charge is -2.39. The van der Waals surface area contributed by atoms with Gasteiger partial charge in [0, 0.05) is 45.3 Å². The Balaban J connectivity index is 1.02. The Morgan fingerprint density at radius 3 is 1.98 bits per heavy atom. The summed E-state index contributed by atoms with van der Waals surface area (Å²) in [5.41, 5.74) is 3.96. The Labute approximate surface area is 264 Å². The van der Waals surface area contributed by atoms with E-state index in [4.69, 9.17) is 16.6 Å². The molecule has 2 fully saturated rings. The van der Waals surface area contributed by atoms with E-state index in [2.05, 4.69) is 106 Å². The molecule has 0 aliphatic carbocycles. The maximum atomic E-state index is 13.2.